The molecular weight excluding hydrogens is 328 g/mol. The van der Waals surface area contributed by atoms with E-state index in [9.17, 15) is 0 Å². The van der Waals surface area contributed by atoms with E-state index >= 15 is 0 Å². The standard InChI is InChI=1S/C12H21BrN4OS/c1-4-17-8-10(13)11(15-17)9-16(2)12(19)14-6-5-7-18-3/h8H,4-7,9H2,1-3H3,(H,14,19). The van der Waals surface area contributed by atoms with Gasteiger partial charge in [0.25, 0.3) is 0 Å². The number of halogens is 1. The maximum Gasteiger partial charge on any atom is 0.169 e. The zero-order valence-electron chi connectivity index (χ0n) is 11.6. The molecule has 0 aliphatic rings. The van der Waals surface area contributed by atoms with Crippen molar-refractivity contribution in [2.24, 2.45) is 0 Å². The predicted octanol–water partition coefficient (Wildman–Crippen LogP) is 2.01. The van der Waals surface area contributed by atoms with E-state index in [1.165, 1.54) is 0 Å². The lowest BCUT2D eigenvalue weighted by molar-refractivity contribution is 0.195. The Hall–Kier alpha value is -0.660. The summed E-state index contributed by atoms with van der Waals surface area (Å²) in [5, 5.41) is 8.42. The van der Waals surface area contributed by atoms with Crippen LogP contribution in [-0.4, -0.2) is 47.1 Å². The second-order valence-electron chi connectivity index (χ2n) is 4.21. The predicted molar refractivity (Wildman–Crippen MR) is 84.2 cm³/mol. The first kappa shape index (κ1) is 16.4. The number of nitrogens with zero attached hydrogens (tertiary/aromatic N) is 3. The fraction of sp³-hybridized carbons (Fsp3) is 0.667. The summed E-state index contributed by atoms with van der Waals surface area (Å²) >= 11 is 8.85. The summed E-state index contributed by atoms with van der Waals surface area (Å²) in [5.74, 6) is 0. The van der Waals surface area contributed by atoms with Gasteiger partial charge < -0.3 is 15.0 Å². The Morgan fingerprint density at radius 1 is 1.63 bits per heavy atom. The van der Waals surface area contributed by atoms with Crippen molar-refractivity contribution in [3.05, 3.63) is 16.4 Å². The van der Waals surface area contributed by atoms with E-state index in [-0.39, 0.29) is 0 Å². The van der Waals surface area contributed by atoms with Crippen molar-refractivity contribution < 1.29 is 4.74 Å². The van der Waals surface area contributed by atoms with E-state index < -0.39 is 0 Å². The van der Waals surface area contributed by atoms with Crippen LogP contribution in [0.4, 0.5) is 0 Å². The van der Waals surface area contributed by atoms with E-state index in [4.69, 9.17) is 17.0 Å². The molecule has 108 valence electrons. The van der Waals surface area contributed by atoms with Crippen molar-refractivity contribution in [2.75, 3.05) is 27.3 Å². The van der Waals surface area contributed by atoms with Gasteiger partial charge in [-0.05, 0) is 41.5 Å². The molecule has 0 bridgehead atoms. The molecule has 0 unspecified atom stereocenters. The molecule has 19 heavy (non-hydrogen) atoms. The van der Waals surface area contributed by atoms with Crippen molar-refractivity contribution in [1.29, 1.82) is 0 Å². The highest BCUT2D eigenvalue weighted by Crippen LogP contribution is 2.16. The molecule has 1 heterocycles. The van der Waals surface area contributed by atoms with E-state index in [0.717, 1.165) is 41.4 Å². The van der Waals surface area contributed by atoms with Gasteiger partial charge in [-0.15, -0.1) is 0 Å². The summed E-state index contributed by atoms with van der Waals surface area (Å²) < 4.78 is 7.92. The Labute approximate surface area is 128 Å². The zero-order chi connectivity index (χ0) is 14.3. The van der Waals surface area contributed by atoms with Crippen LogP contribution in [0.3, 0.4) is 0 Å². The molecule has 1 N–H and O–H groups in total. The second-order valence-corrected chi connectivity index (χ2v) is 5.45. The van der Waals surface area contributed by atoms with Gasteiger partial charge >= 0.3 is 0 Å². The topological polar surface area (TPSA) is 42.3 Å². The van der Waals surface area contributed by atoms with Crippen molar-refractivity contribution in [3.8, 4) is 0 Å². The summed E-state index contributed by atoms with van der Waals surface area (Å²) in [6, 6.07) is 0. The highest BCUT2D eigenvalue weighted by atomic mass is 79.9. The second kappa shape index (κ2) is 8.50. The van der Waals surface area contributed by atoms with Crippen LogP contribution in [0, 0.1) is 0 Å². The molecule has 0 atom stereocenters. The van der Waals surface area contributed by atoms with E-state index in [0.29, 0.717) is 6.54 Å². The number of nitrogens with one attached hydrogen (secondary N) is 1. The maximum atomic E-state index is 5.33. The Kier molecular flexibility index (Phi) is 7.33. The smallest absolute Gasteiger partial charge is 0.169 e. The van der Waals surface area contributed by atoms with Crippen LogP contribution < -0.4 is 5.32 Å². The van der Waals surface area contributed by atoms with Crippen LogP contribution in [-0.2, 0) is 17.8 Å². The fourth-order valence-corrected chi connectivity index (χ4v) is 2.16. The molecule has 0 aliphatic heterocycles. The van der Waals surface area contributed by atoms with E-state index in [2.05, 4.69) is 33.3 Å². The first-order valence-corrected chi connectivity index (χ1v) is 7.48. The van der Waals surface area contributed by atoms with Crippen LogP contribution in [0.5, 0.6) is 0 Å². The molecule has 7 heteroatoms. The summed E-state index contributed by atoms with van der Waals surface area (Å²) in [4.78, 5) is 1.98. The minimum absolute atomic E-state index is 0.684. The molecule has 0 fully saturated rings. The number of aromatic nitrogens is 2. The number of rotatable bonds is 7. The molecule has 1 rings (SSSR count). The summed E-state index contributed by atoms with van der Waals surface area (Å²) in [5.41, 5.74) is 0.991. The Balaban J connectivity index is 2.42. The van der Waals surface area contributed by atoms with Crippen LogP contribution in [0.1, 0.15) is 19.0 Å². The first-order valence-electron chi connectivity index (χ1n) is 6.28. The molecule has 0 aliphatic carbocycles. The number of thiocarbonyl (C=S) groups is 1. The van der Waals surface area contributed by atoms with Crippen LogP contribution in [0.25, 0.3) is 0 Å². The number of methoxy groups -OCH3 is 1. The average molecular weight is 349 g/mol. The minimum Gasteiger partial charge on any atom is -0.385 e. The van der Waals surface area contributed by atoms with Crippen molar-refractivity contribution in [1.82, 2.24) is 20.0 Å². The van der Waals surface area contributed by atoms with E-state index in [1.807, 2.05) is 22.8 Å². The normalized spacial score (nSPS) is 10.5. The van der Waals surface area contributed by atoms with Crippen LogP contribution >= 0.6 is 28.1 Å². The molecule has 0 radical (unpaired) electrons. The third kappa shape index (κ3) is 5.46. The molecule has 0 saturated carbocycles. The SMILES string of the molecule is CCn1cc(Br)c(CN(C)C(=S)NCCCOC)n1. The highest BCUT2D eigenvalue weighted by Gasteiger charge is 2.10. The molecule has 0 spiro atoms. The van der Waals surface area contributed by atoms with Crippen LogP contribution in [0.2, 0.25) is 0 Å². The third-order valence-electron chi connectivity index (χ3n) is 2.65. The Bertz CT molecular complexity index is 410. The van der Waals surface area contributed by atoms with Gasteiger partial charge in [-0.2, -0.15) is 5.10 Å². The number of hydrogen-bond acceptors (Lipinski definition) is 3. The molecular formula is C12H21BrN4OS. The summed E-state index contributed by atoms with van der Waals surface area (Å²) in [7, 11) is 3.66. The molecule has 0 aromatic carbocycles. The lowest BCUT2D eigenvalue weighted by Gasteiger charge is -2.20. The molecule has 0 amide bonds. The van der Waals surface area contributed by atoms with Gasteiger partial charge in [0.2, 0.25) is 0 Å². The van der Waals surface area contributed by atoms with E-state index in [1.54, 1.807) is 7.11 Å². The third-order valence-corrected chi connectivity index (χ3v) is 3.76. The van der Waals surface area contributed by atoms with Gasteiger partial charge in [0.05, 0.1) is 16.7 Å². The molecule has 0 saturated heterocycles. The van der Waals surface area contributed by atoms with Gasteiger partial charge in [0.15, 0.2) is 5.11 Å². The number of ether oxygens (including phenoxy) is 1. The van der Waals surface area contributed by atoms with Crippen molar-refractivity contribution in [3.63, 3.8) is 0 Å². The number of aryl methyl sites for hydroxylation is 1. The molecule has 1 aromatic heterocycles. The summed E-state index contributed by atoms with van der Waals surface area (Å²) in [6.45, 7) is 5.17. The summed E-state index contributed by atoms with van der Waals surface area (Å²) in [6.07, 6.45) is 2.93. The lowest BCUT2D eigenvalue weighted by atomic mass is 10.4. The fourth-order valence-electron chi connectivity index (χ4n) is 1.55. The quantitative estimate of drug-likeness (QED) is 0.603. The highest BCUT2D eigenvalue weighted by molar-refractivity contribution is 9.10. The molecule has 1 aromatic rings. The van der Waals surface area contributed by atoms with Gasteiger partial charge in [0, 0.05) is 40.1 Å². The maximum absolute atomic E-state index is 5.33. The minimum atomic E-state index is 0.684. The monoisotopic (exact) mass is 348 g/mol. The van der Waals surface area contributed by atoms with Gasteiger partial charge in [-0.1, -0.05) is 0 Å². The van der Waals surface area contributed by atoms with Crippen LogP contribution in [0.15, 0.2) is 10.7 Å². The lowest BCUT2D eigenvalue weighted by Crippen LogP contribution is -2.37. The molecule has 5 nitrogen and oxygen atoms in total. The van der Waals surface area contributed by atoms with Gasteiger partial charge in [-0.25, -0.2) is 0 Å². The number of hydrogen-bond donors (Lipinski definition) is 1. The zero-order valence-corrected chi connectivity index (χ0v) is 14.1. The van der Waals surface area contributed by atoms with Gasteiger partial charge in [0.1, 0.15) is 0 Å². The first-order chi connectivity index (χ1) is 9.08. The van der Waals surface area contributed by atoms with Crippen molar-refractivity contribution in [2.45, 2.75) is 26.4 Å². The van der Waals surface area contributed by atoms with Gasteiger partial charge in [-0.3, -0.25) is 4.68 Å². The van der Waals surface area contributed by atoms with Crippen molar-refractivity contribution >= 4 is 33.3 Å². The largest absolute Gasteiger partial charge is 0.385 e. The Morgan fingerprint density at radius 2 is 2.37 bits per heavy atom. The Morgan fingerprint density at radius 3 is 2.95 bits per heavy atom. The average Bonchev–Trinajstić information content (AvgIpc) is 2.75.